The molecule has 2 rings (SSSR count). The number of benzene rings is 1. The maximum atomic E-state index is 5.73. The highest BCUT2D eigenvalue weighted by Gasteiger charge is 2.00. The number of methoxy groups -OCH3 is 1. The van der Waals surface area contributed by atoms with E-state index in [1.165, 1.54) is 4.88 Å². The molecule has 17 heavy (non-hydrogen) atoms. The first-order chi connectivity index (χ1) is 8.28. The number of hydrogen-bond acceptors (Lipinski definition) is 3. The molecule has 0 saturated carbocycles. The molecule has 1 aromatic carbocycles. The fraction of sp³-hybridized carbons (Fsp3) is 0.231. The third kappa shape index (κ3) is 3.84. The second-order valence-corrected chi connectivity index (χ2v) is 5.51. The van der Waals surface area contributed by atoms with Crippen LogP contribution < -0.4 is 4.74 Å². The molecule has 1 heterocycles. The molecule has 0 aliphatic rings. The van der Waals surface area contributed by atoms with Gasteiger partial charge in [0.15, 0.2) is 0 Å². The van der Waals surface area contributed by atoms with Crippen LogP contribution in [0.15, 0.2) is 40.2 Å². The summed E-state index contributed by atoms with van der Waals surface area (Å²) in [6.45, 7) is 1.22. The van der Waals surface area contributed by atoms with Crippen LogP contribution in [0.4, 0.5) is 0 Å². The maximum absolute atomic E-state index is 5.73. The lowest BCUT2D eigenvalue weighted by atomic mass is 10.2. The Kier molecular flexibility index (Phi) is 4.59. The van der Waals surface area contributed by atoms with E-state index >= 15 is 0 Å². The van der Waals surface area contributed by atoms with Crippen molar-refractivity contribution in [2.24, 2.45) is 0 Å². The standard InChI is InChI=1S/C13H13BrO2S/c1-15-7-10-3-2-4-12(5-10)16-8-13-6-11(14)9-17-13/h2-6,9H,7-8H2,1H3. The summed E-state index contributed by atoms with van der Waals surface area (Å²) in [7, 11) is 1.69. The first kappa shape index (κ1) is 12.6. The smallest absolute Gasteiger partial charge is 0.122 e. The SMILES string of the molecule is COCc1cccc(OCc2cc(Br)cs2)c1. The molecule has 90 valence electrons. The van der Waals surface area contributed by atoms with Gasteiger partial charge in [0.05, 0.1) is 6.61 Å². The maximum Gasteiger partial charge on any atom is 0.122 e. The molecule has 4 heteroatoms. The lowest BCUT2D eigenvalue weighted by molar-refractivity contribution is 0.184. The quantitative estimate of drug-likeness (QED) is 0.822. The van der Waals surface area contributed by atoms with E-state index in [9.17, 15) is 0 Å². The summed E-state index contributed by atoms with van der Waals surface area (Å²) in [6, 6.07) is 10.0. The van der Waals surface area contributed by atoms with Gasteiger partial charge in [0.1, 0.15) is 12.4 Å². The number of thiophene rings is 1. The van der Waals surface area contributed by atoms with Crippen molar-refractivity contribution in [3.8, 4) is 5.75 Å². The highest BCUT2D eigenvalue weighted by molar-refractivity contribution is 9.10. The van der Waals surface area contributed by atoms with Crippen molar-refractivity contribution in [1.82, 2.24) is 0 Å². The highest BCUT2D eigenvalue weighted by Crippen LogP contribution is 2.22. The summed E-state index contributed by atoms with van der Waals surface area (Å²) < 4.78 is 11.9. The van der Waals surface area contributed by atoms with Crippen LogP contribution in [0.25, 0.3) is 0 Å². The Morgan fingerprint density at radius 3 is 2.82 bits per heavy atom. The summed E-state index contributed by atoms with van der Waals surface area (Å²) >= 11 is 5.12. The zero-order valence-corrected chi connectivity index (χ0v) is 11.9. The molecule has 0 atom stereocenters. The Morgan fingerprint density at radius 2 is 2.12 bits per heavy atom. The molecular formula is C13H13BrO2S. The van der Waals surface area contributed by atoms with Crippen LogP contribution in [0, 0.1) is 0 Å². The third-order valence-electron chi connectivity index (χ3n) is 2.21. The lowest BCUT2D eigenvalue weighted by Gasteiger charge is -2.06. The summed E-state index contributed by atoms with van der Waals surface area (Å²) in [4.78, 5) is 1.20. The van der Waals surface area contributed by atoms with Gasteiger partial charge in [0.2, 0.25) is 0 Å². The molecular weight excluding hydrogens is 300 g/mol. The Balaban J connectivity index is 1.96. The van der Waals surface area contributed by atoms with Gasteiger partial charge in [-0.25, -0.2) is 0 Å². The third-order valence-corrected chi connectivity index (χ3v) is 3.88. The van der Waals surface area contributed by atoms with Gasteiger partial charge in [-0.15, -0.1) is 11.3 Å². The van der Waals surface area contributed by atoms with Crippen LogP contribution in [-0.4, -0.2) is 7.11 Å². The van der Waals surface area contributed by atoms with E-state index in [1.807, 2.05) is 24.3 Å². The summed E-state index contributed by atoms with van der Waals surface area (Å²) in [5, 5.41) is 2.06. The molecule has 0 aliphatic heterocycles. The number of ether oxygens (including phenoxy) is 2. The van der Waals surface area contributed by atoms with Crippen molar-refractivity contribution in [3.63, 3.8) is 0 Å². The first-order valence-electron chi connectivity index (χ1n) is 5.21. The molecule has 0 saturated heterocycles. The van der Waals surface area contributed by atoms with Gasteiger partial charge >= 0.3 is 0 Å². The Labute approximate surface area is 113 Å². The second kappa shape index (κ2) is 6.19. The van der Waals surface area contributed by atoms with Crippen molar-refractivity contribution < 1.29 is 9.47 Å². The van der Waals surface area contributed by atoms with Crippen molar-refractivity contribution in [1.29, 1.82) is 0 Å². The molecule has 0 unspecified atom stereocenters. The minimum absolute atomic E-state index is 0.604. The van der Waals surface area contributed by atoms with Crippen LogP contribution in [0.1, 0.15) is 10.4 Å². The predicted octanol–water partition coefficient (Wildman–Crippen LogP) is 4.24. The number of hydrogen-bond donors (Lipinski definition) is 0. The van der Waals surface area contributed by atoms with Crippen molar-refractivity contribution in [2.45, 2.75) is 13.2 Å². The van der Waals surface area contributed by atoms with Crippen LogP contribution in [0.3, 0.4) is 0 Å². The van der Waals surface area contributed by atoms with E-state index in [1.54, 1.807) is 18.4 Å². The molecule has 0 N–H and O–H groups in total. The number of rotatable bonds is 5. The molecule has 2 nitrogen and oxygen atoms in total. The normalized spacial score (nSPS) is 10.5. The Bertz CT molecular complexity index is 482. The van der Waals surface area contributed by atoms with Gasteiger partial charge in [-0.1, -0.05) is 12.1 Å². The minimum Gasteiger partial charge on any atom is -0.488 e. The molecule has 0 radical (unpaired) electrons. The van der Waals surface area contributed by atoms with E-state index in [0.717, 1.165) is 15.8 Å². The fourth-order valence-corrected chi connectivity index (χ4v) is 2.84. The average molecular weight is 313 g/mol. The summed E-state index contributed by atoms with van der Waals surface area (Å²) in [6.07, 6.45) is 0. The zero-order valence-electron chi connectivity index (χ0n) is 9.48. The minimum atomic E-state index is 0.604. The van der Waals surface area contributed by atoms with Crippen molar-refractivity contribution in [3.05, 3.63) is 50.6 Å². The van der Waals surface area contributed by atoms with E-state index < -0.39 is 0 Å². The van der Waals surface area contributed by atoms with Crippen molar-refractivity contribution >= 4 is 27.3 Å². The highest BCUT2D eigenvalue weighted by atomic mass is 79.9. The monoisotopic (exact) mass is 312 g/mol. The van der Waals surface area contributed by atoms with Crippen LogP contribution >= 0.6 is 27.3 Å². The fourth-order valence-electron chi connectivity index (χ4n) is 1.48. The Hall–Kier alpha value is -0.840. The zero-order chi connectivity index (χ0) is 12.1. The lowest BCUT2D eigenvalue weighted by Crippen LogP contribution is -1.94. The van der Waals surface area contributed by atoms with E-state index in [-0.39, 0.29) is 0 Å². The van der Waals surface area contributed by atoms with Gasteiger partial charge in [-0.3, -0.25) is 0 Å². The van der Waals surface area contributed by atoms with Gasteiger partial charge in [-0.2, -0.15) is 0 Å². The van der Waals surface area contributed by atoms with E-state index in [0.29, 0.717) is 13.2 Å². The number of halogens is 1. The predicted molar refractivity (Wildman–Crippen MR) is 73.5 cm³/mol. The summed E-state index contributed by atoms with van der Waals surface area (Å²) in [5.41, 5.74) is 1.12. The van der Waals surface area contributed by atoms with Gasteiger partial charge in [0, 0.05) is 21.8 Å². The van der Waals surface area contributed by atoms with Gasteiger partial charge in [0.25, 0.3) is 0 Å². The Morgan fingerprint density at radius 1 is 1.24 bits per heavy atom. The summed E-state index contributed by atoms with van der Waals surface area (Å²) in [5.74, 6) is 0.879. The second-order valence-electron chi connectivity index (χ2n) is 3.60. The first-order valence-corrected chi connectivity index (χ1v) is 6.89. The molecule has 2 aromatic rings. The molecule has 0 aliphatic carbocycles. The van der Waals surface area contributed by atoms with E-state index in [4.69, 9.17) is 9.47 Å². The van der Waals surface area contributed by atoms with Crippen LogP contribution in [0.2, 0.25) is 0 Å². The average Bonchev–Trinajstić information content (AvgIpc) is 2.74. The van der Waals surface area contributed by atoms with Gasteiger partial charge < -0.3 is 9.47 Å². The van der Waals surface area contributed by atoms with Crippen molar-refractivity contribution in [2.75, 3.05) is 7.11 Å². The molecule has 0 fully saturated rings. The molecule has 0 spiro atoms. The molecule has 1 aromatic heterocycles. The van der Waals surface area contributed by atoms with Crippen LogP contribution in [-0.2, 0) is 18.0 Å². The van der Waals surface area contributed by atoms with Crippen LogP contribution in [0.5, 0.6) is 5.75 Å². The molecule has 0 amide bonds. The largest absolute Gasteiger partial charge is 0.488 e. The van der Waals surface area contributed by atoms with Gasteiger partial charge in [-0.05, 0) is 39.7 Å². The molecule has 0 bridgehead atoms. The topological polar surface area (TPSA) is 18.5 Å². The van der Waals surface area contributed by atoms with E-state index in [2.05, 4.69) is 27.4 Å².